The van der Waals surface area contributed by atoms with Crippen molar-refractivity contribution in [2.45, 2.75) is 25.7 Å². The number of thiazole rings is 1. The molecule has 0 spiro atoms. The standard InChI is InChI=1S/C17H19N3OS/c18-11-13(15(21)12-20-9-5-1-2-6-10-20)17-19-14-7-3-4-8-16(14)22-17/h3-4,7-8,21H,1-2,5-6,9-10,12H2/p+1/b15-13-. The highest BCUT2D eigenvalue weighted by Gasteiger charge is 2.19. The Bertz CT molecular complexity index is 688. The van der Waals surface area contributed by atoms with Gasteiger partial charge in [0.2, 0.25) is 0 Å². The van der Waals surface area contributed by atoms with Crippen LogP contribution in [0.5, 0.6) is 0 Å². The van der Waals surface area contributed by atoms with Crippen LogP contribution in [0, 0.1) is 11.3 Å². The summed E-state index contributed by atoms with van der Waals surface area (Å²) in [5, 5.41) is 20.5. The molecule has 1 aliphatic rings. The smallest absolute Gasteiger partial charge is 0.168 e. The molecule has 0 bridgehead atoms. The third kappa shape index (κ3) is 3.29. The van der Waals surface area contributed by atoms with Crippen LogP contribution in [0.4, 0.5) is 0 Å². The predicted molar refractivity (Wildman–Crippen MR) is 88.8 cm³/mol. The quantitative estimate of drug-likeness (QED) is 0.676. The predicted octanol–water partition coefficient (Wildman–Crippen LogP) is 2.55. The van der Waals surface area contributed by atoms with Crippen molar-refractivity contribution in [2.24, 2.45) is 0 Å². The summed E-state index contributed by atoms with van der Waals surface area (Å²) in [6, 6.07) is 9.96. The van der Waals surface area contributed by atoms with Gasteiger partial charge in [0, 0.05) is 0 Å². The third-order valence-corrected chi connectivity index (χ3v) is 5.19. The van der Waals surface area contributed by atoms with E-state index in [4.69, 9.17) is 0 Å². The Kier molecular flexibility index (Phi) is 4.71. The summed E-state index contributed by atoms with van der Waals surface area (Å²) in [5.41, 5.74) is 1.21. The van der Waals surface area contributed by atoms with Crippen LogP contribution >= 0.6 is 11.3 Å². The largest absolute Gasteiger partial charge is 0.506 e. The number of nitrogens with zero attached hydrogens (tertiary/aromatic N) is 2. The zero-order valence-electron chi connectivity index (χ0n) is 12.5. The minimum absolute atomic E-state index is 0.179. The number of aromatic nitrogens is 1. The summed E-state index contributed by atoms with van der Waals surface area (Å²) in [6.45, 7) is 2.67. The molecule has 1 aliphatic heterocycles. The number of nitriles is 1. The first-order chi connectivity index (χ1) is 10.8. The summed E-state index contributed by atoms with van der Waals surface area (Å²) < 4.78 is 1.04. The van der Waals surface area contributed by atoms with E-state index in [1.807, 2.05) is 24.3 Å². The first kappa shape index (κ1) is 15.0. The average Bonchev–Trinajstić information content (AvgIpc) is 2.77. The van der Waals surface area contributed by atoms with Crippen LogP contribution in [0.15, 0.2) is 30.0 Å². The summed E-state index contributed by atoms with van der Waals surface area (Å²) in [7, 11) is 0. The first-order valence-electron chi connectivity index (χ1n) is 7.79. The van der Waals surface area contributed by atoms with Gasteiger partial charge in [0.05, 0.1) is 23.3 Å². The van der Waals surface area contributed by atoms with Gasteiger partial charge in [0.15, 0.2) is 5.76 Å². The molecular formula is C17H20N3OS+. The lowest BCUT2D eigenvalue weighted by atomic mass is 10.2. The van der Waals surface area contributed by atoms with Crippen molar-refractivity contribution in [1.82, 2.24) is 4.98 Å². The van der Waals surface area contributed by atoms with E-state index >= 15 is 0 Å². The SMILES string of the molecule is N#C/C(=C(/O)C[NH+]1CCCCCC1)c1nc2ccccc2s1. The number of benzene rings is 1. The van der Waals surface area contributed by atoms with Gasteiger partial charge in [-0.15, -0.1) is 11.3 Å². The molecule has 0 aliphatic carbocycles. The molecule has 1 aromatic heterocycles. The van der Waals surface area contributed by atoms with E-state index in [1.165, 1.54) is 41.9 Å². The number of rotatable bonds is 3. The van der Waals surface area contributed by atoms with Gasteiger partial charge in [-0.2, -0.15) is 5.26 Å². The molecule has 0 unspecified atom stereocenters. The monoisotopic (exact) mass is 314 g/mol. The summed E-state index contributed by atoms with van der Waals surface area (Å²) in [6.07, 6.45) is 4.95. The molecule has 0 atom stereocenters. The van der Waals surface area contributed by atoms with Crippen LogP contribution in [0.3, 0.4) is 0 Å². The van der Waals surface area contributed by atoms with E-state index in [0.717, 1.165) is 23.3 Å². The molecule has 1 fully saturated rings. The Hall–Kier alpha value is -1.90. The number of hydrogen-bond acceptors (Lipinski definition) is 4. The molecule has 0 amide bonds. The van der Waals surface area contributed by atoms with Gasteiger partial charge < -0.3 is 10.0 Å². The van der Waals surface area contributed by atoms with Gasteiger partial charge in [-0.1, -0.05) is 12.1 Å². The number of fused-ring (bicyclic) bond motifs is 1. The van der Waals surface area contributed by atoms with Gasteiger partial charge >= 0.3 is 0 Å². The second kappa shape index (κ2) is 6.91. The molecule has 0 saturated carbocycles. The fourth-order valence-electron chi connectivity index (χ4n) is 2.95. The van der Waals surface area contributed by atoms with Gasteiger partial charge in [0.25, 0.3) is 0 Å². The molecule has 1 aromatic carbocycles. The Morgan fingerprint density at radius 2 is 1.95 bits per heavy atom. The molecule has 22 heavy (non-hydrogen) atoms. The van der Waals surface area contributed by atoms with Crippen LogP contribution in [0.1, 0.15) is 30.7 Å². The topological polar surface area (TPSA) is 61.3 Å². The molecule has 1 saturated heterocycles. The van der Waals surface area contributed by atoms with Crippen molar-refractivity contribution < 1.29 is 10.0 Å². The van der Waals surface area contributed by atoms with Gasteiger partial charge in [0.1, 0.15) is 23.2 Å². The van der Waals surface area contributed by atoms with Gasteiger partial charge in [-0.25, -0.2) is 4.98 Å². The summed E-state index contributed by atoms with van der Waals surface area (Å²) in [5.74, 6) is 0.179. The van der Waals surface area contributed by atoms with Gasteiger partial charge in [-0.05, 0) is 37.8 Å². The fourth-order valence-corrected chi connectivity index (χ4v) is 3.93. The zero-order chi connectivity index (χ0) is 15.4. The lowest BCUT2D eigenvalue weighted by Crippen LogP contribution is -3.12. The Balaban J connectivity index is 1.86. The van der Waals surface area contributed by atoms with Crippen LogP contribution in [0.25, 0.3) is 15.8 Å². The molecule has 3 rings (SSSR count). The minimum Gasteiger partial charge on any atom is -0.506 e. The second-order valence-corrected chi connectivity index (χ2v) is 6.79. The first-order valence-corrected chi connectivity index (χ1v) is 8.61. The van der Waals surface area contributed by atoms with Crippen LogP contribution in [-0.2, 0) is 0 Å². The fraction of sp³-hybridized carbons (Fsp3) is 0.412. The Labute approximate surface area is 134 Å². The number of aliphatic hydroxyl groups excluding tert-OH is 1. The van der Waals surface area contributed by atoms with Crippen LogP contribution < -0.4 is 4.90 Å². The van der Waals surface area contributed by atoms with E-state index in [9.17, 15) is 10.4 Å². The zero-order valence-corrected chi connectivity index (χ0v) is 13.3. The van der Waals surface area contributed by atoms with Crippen molar-refractivity contribution in [2.75, 3.05) is 19.6 Å². The molecule has 2 aromatic rings. The normalized spacial score (nSPS) is 17.8. The van der Waals surface area contributed by atoms with E-state index in [1.54, 1.807) is 0 Å². The number of likely N-dealkylation sites (tertiary alicyclic amines) is 1. The van der Waals surface area contributed by atoms with E-state index in [2.05, 4.69) is 11.1 Å². The molecule has 4 nitrogen and oxygen atoms in total. The maximum absolute atomic E-state index is 10.4. The third-order valence-electron chi connectivity index (χ3n) is 4.14. The number of para-hydroxylation sites is 1. The van der Waals surface area contributed by atoms with E-state index < -0.39 is 0 Å². The molecule has 2 N–H and O–H groups in total. The highest BCUT2D eigenvalue weighted by molar-refractivity contribution is 7.19. The number of hydrogen-bond donors (Lipinski definition) is 2. The van der Waals surface area contributed by atoms with Crippen molar-refractivity contribution in [1.29, 1.82) is 5.26 Å². The molecule has 5 heteroatoms. The van der Waals surface area contributed by atoms with Gasteiger partial charge in [-0.3, -0.25) is 0 Å². The highest BCUT2D eigenvalue weighted by Crippen LogP contribution is 2.27. The molecule has 0 radical (unpaired) electrons. The highest BCUT2D eigenvalue weighted by atomic mass is 32.1. The number of nitrogens with one attached hydrogen (secondary N) is 1. The number of allylic oxidation sites excluding steroid dienone is 1. The average molecular weight is 314 g/mol. The second-order valence-electron chi connectivity index (χ2n) is 5.76. The van der Waals surface area contributed by atoms with Crippen molar-refractivity contribution >= 4 is 27.1 Å². The molecular weight excluding hydrogens is 294 g/mol. The maximum Gasteiger partial charge on any atom is 0.168 e. The Morgan fingerprint density at radius 1 is 1.23 bits per heavy atom. The van der Waals surface area contributed by atoms with Crippen molar-refractivity contribution in [3.05, 3.63) is 35.0 Å². The molecule has 114 valence electrons. The van der Waals surface area contributed by atoms with E-state index in [0.29, 0.717) is 17.1 Å². The van der Waals surface area contributed by atoms with Crippen molar-refractivity contribution in [3.8, 4) is 6.07 Å². The van der Waals surface area contributed by atoms with Crippen molar-refractivity contribution in [3.63, 3.8) is 0 Å². The lowest BCUT2D eigenvalue weighted by molar-refractivity contribution is -0.895. The number of quaternary nitrogens is 1. The van der Waals surface area contributed by atoms with Crippen LogP contribution in [0.2, 0.25) is 0 Å². The number of aliphatic hydroxyl groups is 1. The maximum atomic E-state index is 10.4. The van der Waals surface area contributed by atoms with E-state index in [-0.39, 0.29) is 5.76 Å². The van der Waals surface area contributed by atoms with Crippen LogP contribution in [-0.4, -0.2) is 29.7 Å². The Morgan fingerprint density at radius 3 is 2.64 bits per heavy atom. The molecule has 2 heterocycles. The summed E-state index contributed by atoms with van der Waals surface area (Å²) in [4.78, 5) is 5.85. The lowest BCUT2D eigenvalue weighted by Gasteiger charge is -2.16. The minimum atomic E-state index is 0.179. The summed E-state index contributed by atoms with van der Waals surface area (Å²) >= 11 is 1.46.